The van der Waals surface area contributed by atoms with Crippen molar-refractivity contribution in [3.63, 3.8) is 0 Å². The molecule has 0 spiro atoms. The second kappa shape index (κ2) is 6.16. The van der Waals surface area contributed by atoms with Crippen LogP contribution in [0.1, 0.15) is 37.6 Å². The molecule has 2 atom stereocenters. The Bertz CT molecular complexity index is 477. The topological polar surface area (TPSA) is 58.4 Å². The van der Waals surface area contributed by atoms with Gasteiger partial charge < -0.3 is 16.0 Å². The van der Waals surface area contributed by atoms with Crippen LogP contribution in [-0.2, 0) is 0 Å². The van der Waals surface area contributed by atoms with E-state index in [2.05, 4.69) is 24.1 Å². The first kappa shape index (κ1) is 14.7. The monoisotopic (exact) mass is 275 g/mol. The average molecular weight is 275 g/mol. The van der Waals surface area contributed by atoms with Crippen LogP contribution in [0.15, 0.2) is 18.2 Å². The normalized spacial score (nSPS) is 22.6. The second-order valence-corrected chi connectivity index (χ2v) is 5.98. The zero-order valence-electron chi connectivity index (χ0n) is 12.6. The molecule has 20 heavy (non-hydrogen) atoms. The minimum absolute atomic E-state index is 0.0353. The second-order valence-electron chi connectivity index (χ2n) is 5.98. The molecule has 0 aromatic heterocycles. The minimum Gasteiger partial charge on any atom is -0.397 e. The average Bonchev–Trinajstić information content (AvgIpc) is 2.38. The Morgan fingerprint density at radius 2 is 2.00 bits per heavy atom. The number of nitrogens with one attached hydrogen (secondary N) is 1. The lowest BCUT2D eigenvalue weighted by atomic mass is 9.91. The van der Waals surface area contributed by atoms with Crippen LogP contribution in [0, 0.1) is 11.8 Å². The summed E-state index contributed by atoms with van der Waals surface area (Å²) < 4.78 is 0. The number of amides is 1. The molecule has 1 saturated heterocycles. The summed E-state index contributed by atoms with van der Waals surface area (Å²) in [5.74, 6) is 1.28. The third-order valence-electron chi connectivity index (χ3n) is 3.84. The quantitative estimate of drug-likeness (QED) is 0.833. The number of nitrogens with zero attached hydrogens (tertiary/aromatic N) is 1. The number of rotatable bonds is 3. The maximum absolute atomic E-state index is 11.9. The number of hydrogen-bond donors (Lipinski definition) is 2. The number of nitrogens with two attached hydrogens (primary N) is 1. The number of carbonyl (C=O) groups is 1. The molecule has 1 amide bonds. The third kappa shape index (κ3) is 3.24. The summed E-state index contributed by atoms with van der Waals surface area (Å²) in [7, 11) is 0. The van der Waals surface area contributed by atoms with E-state index >= 15 is 0 Å². The third-order valence-corrected chi connectivity index (χ3v) is 3.84. The van der Waals surface area contributed by atoms with Crippen molar-refractivity contribution < 1.29 is 4.79 Å². The zero-order chi connectivity index (χ0) is 14.7. The molecule has 1 aliphatic rings. The van der Waals surface area contributed by atoms with Crippen molar-refractivity contribution in [3.05, 3.63) is 23.8 Å². The smallest absolute Gasteiger partial charge is 0.251 e. The van der Waals surface area contributed by atoms with E-state index in [4.69, 9.17) is 5.73 Å². The number of nitrogen functional groups attached to an aromatic ring is 1. The van der Waals surface area contributed by atoms with Gasteiger partial charge in [-0.3, -0.25) is 4.79 Å². The summed E-state index contributed by atoms with van der Waals surface area (Å²) >= 11 is 0. The van der Waals surface area contributed by atoms with E-state index in [0.717, 1.165) is 24.5 Å². The first-order valence-corrected chi connectivity index (χ1v) is 7.44. The maximum Gasteiger partial charge on any atom is 0.251 e. The van der Waals surface area contributed by atoms with Gasteiger partial charge in [0.05, 0.1) is 11.4 Å². The number of piperidine rings is 1. The summed E-state index contributed by atoms with van der Waals surface area (Å²) in [5, 5.41) is 2.83. The zero-order valence-corrected chi connectivity index (χ0v) is 12.6. The van der Waals surface area contributed by atoms with Crippen LogP contribution in [-0.4, -0.2) is 25.5 Å². The summed E-state index contributed by atoms with van der Waals surface area (Å²) in [6.07, 6.45) is 1.26. The van der Waals surface area contributed by atoms with E-state index in [9.17, 15) is 4.79 Å². The van der Waals surface area contributed by atoms with Crippen LogP contribution in [0.3, 0.4) is 0 Å². The molecular formula is C16H25N3O. The molecule has 1 heterocycles. The van der Waals surface area contributed by atoms with Gasteiger partial charge in [-0.05, 0) is 43.4 Å². The van der Waals surface area contributed by atoms with Gasteiger partial charge in [0.25, 0.3) is 5.91 Å². The highest BCUT2D eigenvalue weighted by Gasteiger charge is 2.23. The lowest BCUT2D eigenvalue weighted by molar-refractivity contribution is 0.0956. The molecule has 2 unspecified atom stereocenters. The van der Waals surface area contributed by atoms with Gasteiger partial charge in [-0.1, -0.05) is 13.8 Å². The lowest BCUT2D eigenvalue weighted by Gasteiger charge is -2.37. The summed E-state index contributed by atoms with van der Waals surface area (Å²) in [4.78, 5) is 14.3. The molecule has 2 rings (SSSR count). The summed E-state index contributed by atoms with van der Waals surface area (Å²) in [6, 6.07) is 5.55. The molecule has 3 N–H and O–H groups in total. The Morgan fingerprint density at radius 3 is 2.60 bits per heavy atom. The van der Waals surface area contributed by atoms with Gasteiger partial charge in [-0.15, -0.1) is 0 Å². The molecule has 0 aliphatic carbocycles. The van der Waals surface area contributed by atoms with E-state index < -0.39 is 0 Å². The number of hydrogen-bond acceptors (Lipinski definition) is 3. The molecule has 0 bridgehead atoms. The Hall–Kier alpha value is -1.71. The van der Waals surface area contributed by atoms with E-state index in [1.807, 2.05) is 19.1 Å². The van der Waals surface area contributed by atoms with Gasteiger partial charge in [0.1, 0.15) is 0 Å². The van der Waals surface area contributed by atoms with Gasteiger partial charge in [-0.2, -0.15) is 0 Å². The van der Waals surface area contributed by atoms with E-state index in [0.29, 0.717) is 23.9 Å². The Balaban J connectivity index is 2.26. The highest BCUT2D eigenvalue weighted by molar-refractivity contribution is 5.96. The number of carbonyl (C=O) groups excluding carboxylic acids is 1. The number of benzene rings is 1. The first-order valence-electron chi connectivity index (χ1n) is 7.44. The molecule has 1 fully saturated rings. The van der Waals surface area contributed by atoms with Crippen molar-refractivity contribution in [2.75, 3.05) is 30.3 Å². The van der Waals surface area contributed by atoms with Crippen LogP contribution in [0.5, 0.6) is 0 Å². The SMILES string of the molecule is CCNC(=O)c1ccc(N)c(N2CC(C)CC(C)C2)c1. The highest BCUT2D eigenvalue weighted by atomic mass is 16.1. The largest absolute Gasteiger partial charge is 0.397 e. The van der Waals surface area contributed by atoms with Crippen LogP contribution in [0.2, 0.25) is 0 Å². The fraction of sp³-hybridized carbons (Fsp3) is 0.562. The predicted octanol–water partition coefficient (Wildman–Crippen LogP) is 2.50. The van der Waals surface area contributed by atoms with Crippen LogP contribution in [0.4, 0.5) is 11.4 Å². The molecule has 1 aromatic carbocycles. The fourth-order valence-corrected chi connectivity index (χ4v) is 3.08. The molecule has 4 nitrogen and oxygen atoms in total. The molecule has 4 heteroatoms. The molecule has 1 aliphatic heterocycles. The molecular weight excluding hydrogens is 250 g/mol. The van der Waals surface area contributed by atoms with Crippen molar-refractivity contribution in [1.29, 1.82) is 0 Å². The Morgan fingerprint density at radius 1 is 1.35 bits per heavy atom. The maximum atomic E-state index is 11.9. The van der Waals surface area contributed by atoms with Gasteiger partial charge in [0.15, 0.2) is 0 Å². The van der Waals surface area contributed by atoms with Crippen molar-refractivity contribution in [1.82, 2.24) is 5.32 Å². The fourth-order valence-electron chi connectivity index (χ4n) is 3.08. The summed E-state index contributed by atoms with van der Waals surface area (Å²) in [6.45, 7) is 9.11. The van der Waals surface area contributed by atoms with Crippen LogP contribution in [0.25, 0.3) is 0 Å². The van der Waals surface area contributed by atoms with Crippen LogP contribution < -0.4 is 16.0 Å². The van der Waals surface area contributed by atoms with Crippen LogP contribution >= 0.6 is 0 Å². The van der Waals surface area contributed by atoms with Gasteiger partial charge in [0, 0.05) is 25.2 Å². The Labute approximate surface area is 121 Å². The molecule has 1 aromatic rings. The van der Waals surface area contributed by atoms with Gasteiger partial charge in [-0.25, -0.2) is 0 Å². The highest BCUT2D eigenvalue weighted by Crippen LogP contribution is 2.31. The lowest BCUT2D eigenvalue weighted by Crippen LogP contribution is -2.39. The number of anilines is 2. The first-order chi connectivity index (χ1) is 9.51. The Kier molecular flexibility index (Phi) is 4.53. The minimum atomic E-state index is -0.0353. The standard InChI is InChI=1S/C16H25N3O/c1-4-18-16(20)13-5-6-14(17)15(8-13)19-9-11(2)7-12(3)10-19/h5-6,8,11-12H,4,7,9-10,17H2,1-3H3,(H,18,20). The van der Waals surface area contributed by atoms with Crippen molar-refractivity contribution >= 4 is 17.3 Å². The van der Waals surface area contributed by atoms with Crippen molar-refractivity contribution in [2.24, 2.45) is 11.8 Å². The van der Waals surface area contributed by atoms with E-state index in [-0.39, 0.29) is 5.91 Å². The van der Waals surface area contributed by atoms with E-state index in [1.54, 1.807) is 6.07 Å². The predicted molar refractivity (Wildman–Crippen MR) is 84.0 cm³/mol. The van der Waals surface area contributed by atoms with Gasteiger partial charge >= 0.3 is 0 Å². The molecule has 110 valence electrons. The van der Waals surface area contributed by atoms with Gasteiger partial charge in [0.2, 0.25) is 0 Å². The van der Waals surface area contributed by atoms with E-state index in [1.165, 1.54) is 6.42 Å². The molecule has 0 radical (unpaired) electrons. The van der Waals surface area contributed by atoms with Crippen molar-refractivity contribution in [2.45, 2.75) is 27.2 Å². The summed E-state index contributed by atoms with van der Waals surface area (Å²) in [5.41, 5.74) is 8.54. The van der Waals surface area contributed by atoms with Crippen molar-refractivity contribution in [3.8, 4) is 0 Å². The molecule has 0 saturated carbocycles.